The molecule has 1 aromatic heterocycles. The van der Waals surface area contributed by atoms with Crippen molar-refractivity contribution < 1.29 is 14.3 Å². The lowest BCUT2D eigenvalue weighted by Crippen LogP contribution is -2.12. The smallest absolute Gasteiger partial charge is 0.304 e. The third-order valence-corrected chi connectivity index (χ3v) is 4.13. The highest BCUT2D eigenvalue weighted by Gasteiger charge is 2.46. The van der Waals surface area contributed by atoms with E-state index in [0.717, 1.165) is 40.7 Å². The molecule has 2 aromatic rings. The number of aryl methyl sites for hydroxylation is 2. The second-order valence-corrected chi connectivity index (χ2v) is 5.35. The van der Waals surface area contributed by atoms with Crippen LogP contribution in [0.5, 0.6) is 0 Å². The molecule has 1 aliphatic carbocycles. The van der Waals surface area contributed by atoms with Gasteiger partial charge in [-0.25, -0.2) is 0 Å². The maximum Gasteiger partial charge on any atom is 0.304 e. The normalized spacial score (nSPS) is 17.0. The molecule has 0 spiro atoms. The van der Waals surface area contributed by atoms with Crippen molar-refractivity contribution in [3.05, 3.63) is 35.1 Å². The van der Waals surface area contributed by atoms with Crippen molar-refractivity contribution in [2.45, 2.75) is 38.5 Å². The predicted octanol–water partition coefficient (Wildman–Crippen LogP) is 3.56. The first-order chi connectivity index (χ1) is 8.52. The van der Waals surface area contributed by atoms with E-state index in [2.05, 4.69) is 6.07 Å². The fourth-order valence-corrected chi connectivity index (χ4v) is 2.68. The summed E-state index contributed by atoms with van der Waals surface area (Å²) in [5, 5.41) is 10.1. The predicted molar refractivity (Wildman–Crippen MR) is 68.9 cm³/mol. The number of hydrogen-bond donors (Lipinski definition) is 1. The van der Waals surface area contributed by atoms with Gasteiger partial charge in [0.25, 0.3) is 0 Å². The second kappa shape index (κ2) is 3.61. The second-order valence-electron chi connectivity index (χ2n) is 5.35. The molecule has 3 heteroatoms. The fourth-order valence-electron chi connectivity index (χ4n) is 2.68. The standard InChI is InChI=1S/C15H16O3/c1-9-10(2)18-13-4-3-11(7-12(9)13)15(5-6-15)8-14(16)17/h3-4,7H,5-6,8H2,1-2H3,(H,16,17). The van der Waals surface area contributed by atoms with Gasteiger partial charge in [0.05, 0.1) is 6.42 Å². The Morgan fingerprint density at radius 1 is 1.39 bits per heavy atom. The van der Waals surface area contributed by atoms with Crippen LogP contribution in [0.4, 0.5) is 0 Å². The molecule has 1 aromatic carbocycles. The SMILES string of the molecule is Cc1oc2ccc(C3(CC(=O)O)CC3)cc2c1C. The first-order valence-electron chi connectivity index (χ1n) is 6.24. The van der Waals surface area contributed by atoms with E-state index in [-0.39, 0.29) is 11.8 Å². The maximum absolute atomic E-state index is 10.9. The molecule has 1 heterocycles. The molecule has 94 valence electrons. The quantitative estimate of drug-likeness (QED) is 0.898. The van der Waals surface area contributed by atoms with Crippen molar-refractivity contribution in [3.8, 4) is 0 Å². The zero-order chi connectivity index (χ0) is 12.9. The summed E-state index contributed by atoms with van der Waals surface area (Å²) in [6, 6.07) is 6.09. The number of benzene rings is 1. The summed E-state index contributed by atoms with van der Waals surface area (Å²) < 4.78 is 5.65. The summed E-state index contributed by atoms with van der Waals surface area (Å²) in [5.74, 6) is 0.220. The molecule has 0 amide bonds. The number of carboxylic acid groups (broad SMARTS) is 1. The molecule has 1 N–H and O–H groups in total. The highest BCUT2D eigenvalue weighted by atomic mass is 16.4. The van der Waals surface area contributed by atoms with Gasteiger partial charge in [-0.2, -0.15) is 0 Å². The van der Waals surface area contributed by atoms with Gasteiger partial charge in [-0.05, 0) is 49.9 Å². The summed E-state index contributed by atoms with van der Waals surface area (Å²) in [5.41, 5.74) is 3.05. The highest BCUT2D eigenvalue weighted by Crippen LogP contribution is 2.51. The molecule has 3 nitrogen and oxygen atoms in total. The largest absolute Gasteiger partial charge is 0.481 e. The molecular weight excluding hydrogens is 228 g/mol. The topological polar surface area (TPSA) is 50.4 Å². The molecule has 1 saturated carbocycles. The van der Waals surface area contributed by atoms with E-state index in [1.54, 1.807) is 0 Å². The van der Waals surface area contributed by atoms with Crippen LogP contribution in [-0.4, -0.2) is 11.1 Å². The Morgan fingerprint density at radius 2 is 2.11 bits per heavy atom. The van der Waals surface area contributed by atoms with Crippen molar-refractivity contribution in [1.82, 2.24) is 0 Å². The van der Waals surface area contributed by atoms with Gasteiger partial charge < -0.3 is 9.52 Å². The van der Waals surface area contributed by atoms with Crippen LogP contribution in [0.3, 0.4) is 0 Å². The van der Waals surface area contributed by atoms with E-state index < -0.39 is 5.97 Å². The first-order valence-corrected chi connectivity index (χ1v) is 6.24. The number of aliphatic carboxylic acids is 1. The minimum atomic E-state index is -0.715. The van der Waals surface area contributed by atoms with Crippen molar-refractivity contribution in [2.24, 2.45) is 0 Å². The fraction of sp³-hybridized carbons (Fsp3) is 0.400. The number of carboxylic acids is 1. The number of hydrogen-bond acceptors (Lipinski definition) is 2. The molecule has 1 aliphatic rings. The Hall–Kier alpha value is -1.77. The van der Waals surface area contributed by atoms with E-state index in [0.29, 0.717) is 0 Å². The van der Waals surface area contributed by atoms with E-state index >= 15 is 0 Å². The molecule has 0 radical (unpaired) electrons. The van der Waals surface area contributed by atoms with E-state index in [4.69, 9.17) is 9.52 Å². The monoisotopic (exact) mass is 244 g/mol. The van der Waals surface area contributed by atoms with Gasteiger partial charge in [-0.15, -0.1) is 0 Å². The maximum atomic E-state index is 10.9. The summed E-state index contributed by atoms with van der Waals surface area (Å²) >= 11 is 0. The van der Waals surface area contributed by atoms with Crippen LogP contribution in [0.2, 0.25) is 0 Å². The van der Waals surface area contributed by atoms with Gasteiger partial charge in [0, 0.05) is 10.8 Å². The average Bonchev–Trinajstić information content (AvgIpc) is 3.02. The van der Waals surface area contributed by atoms with E-state index in [1.165, 1.54) is 0 Å². The van der Waals surface area contributed by atoms with Gasteiger partial charge in [0.15, 0.2) is 0 Å². The molecular formula is C15H16O3. The van der Waals surface area contributed by atoms with Crippen LogP contribution in [0.1, 0.15) is 36.1 Å². The van der Waals surface area contributed by atoms with Crippen molar-refractivity contribution in [1.29, 1.82) is 0 Å². The van der Waals surface area contributed by atoms with Gasteiger partial charge in [0.2, 0.25) is 0 Å². The van der Waals surface area contributed by atoms with Crippen molar-refractivity contribution >= 4 is 16.9 Å². The Morgan fingerprint density at radius 3 is 2.72 bits per heavy atom. The number of furan rings is 1. The lowest BCUT2D eigenvalue weighted by Gasteiger charge is -2.12. The Labute approximate surface area is 105 Å². The van der Waals surface area contributed by atoms with Crippen LogP contribution in [0, 0.1) is 13.8 Å². The average molecular weight is 244 g/mol. The van der Waals surface area contributed by atoms with Gasteiger partial charge >= 0.3 is 5.97 Å². The molecule has 0 bridgehead atoms. The number of rotatable bonds is 3. The number of fused-ring (bicyclic) bond motifs is 1. The lowest BCUT2D eigenvalue weighted by atomic mass is 9.91. The Balaban J connectivity index is 2.08. The van der Waals surface area contributed by atoms with Crippen molar-refractivity contribution in [2.75, 3.05) is 0 Å². The van der Waals surface area contributed by atoms with Crippen LogP contribution in [0.25, 0.3) is 11.0 Å². The number of carbonyl (C=O) groups is 1. The molecule has 0 unspecified atom stereocenters. The minimum Gasteiger partial charge on any atom is -0.481 e. The van der Waals surface area contributed by atoms with Crippen LogP contribution in [0.15, 0.2) is 22.6 Å². The first kappa shape index (κ1) is 11.3. The molecule has 0 saturated heterocycles. The highest BCUT2D eigenvalue weighted by molar-refractivity contribution is 5.83. The Bertz CT molecular complexity index is 632. The van der Waals surface area contributed by atoms with Gasteiger partial charge in [0.1, 0.15) is 11.3 Å². The summed E-state index contributed by atoms with van der Waals surface area (Å²) in [4.78, 5) is 10.9. The summed E-state index contributed by atoms with van der Waals surface area (Å²) in [6.45, 7) is 4.00. The zero-order valence-corrected chi connectivity index (χ0v) is 10.6. The zero-order valence-electron chi connectivity index (χ0n) is 10.6. The van der Waals surface area contributed by atoms with Gasteiger partial charge in [-0.3, -0.25) is 4.79 Å². The third-order valence-electron chi connectivity index (χ3n) is 4.13. The Kier molecular flexibility index (Phi) is 2.27. The van der Waals surface area contributed by atoms with Crippen LogP contribution in [-0.2, 0) is 10.2 Å². The summed E-state index contributed by atoms with van der Waals surface area (Å²) in [7, 11) is 0. The molecule has 3 rings (SSSR count). The molecule has 18 heavy (non-hydrogen) atoms. The molecule has 0 atom stereocenters. The van der Waals surface area contributed by atoms with Crippen LogP contribution >= 0.6 is 0 Å². The lowest BCUT2D eigenvalue weighted by molar-refractivity contribution is -0.137. The van der Waals surface area contributed by atoms with Crippen LogP contribution < -0.4 is 0 Å². The van der Waals surface area contributed by atoms with E-state index in [9.17, 15) is 4.79 Å². The van der Waals surface area contributed by atoms with Gasteiger partial charge in [-0.1, -0.05) is 6.07 Å². The third kappa shape index (κ3) is 1.62. The summed E-state index contributed by atoms with van der Waals surface area (Å²) in [6.07, 6.45) is 2.18. The molecule has 1 fully saturated rings. The molecule has 0 aliphatic heterocycles. The van der Waals surface area contributed by atoms with Crippen molar-refractivity contribution in [3.63, 3.8) is 0 Å². The minimum absolute atomic E-state index is 0.127. The van der Waals surface area contributed by atoms with E-state index in [1.807, 2.05) is 26.0 Å².